The van der Waals surface area contributed by atoms with Crippen LogP contribution in [0.4, 0.5) is 13.2 Å². The van der Waals surface area contributed by atoms with Gasteiger partial charge in [-0.05, 0) is 24.3 Å². The van der Waals surface area contributed by atoms with Crippen molar-refractivity contribution in [2.24, 2.45) is 0 Å². The quantitative estimate of drug-likeness (QED) is 0.770. The van der Waals surface area contributed by atoms with Gasteiger partial charge in [0.05, 0.1) is 5.56 Å². The van der Waals surface area contributed by atoms with Gasteiger partial charge >= 0.3 is 6.18 Å². The molecule has 18 heavy (non-hydrogen) atoms. The second-order valence-electron chi connectivity index (χ2n) is 3.67. The Morgan fingerprint density at radius 2 is 1.83 bits per heavy atom. The van der Waals surface area contributed by atoms with Crippen LogP contribution in [0, 0.1) is 0 Å². The van der Waals surface area contributed by atoms with Crippen molar-refractivity contribution in [1.82, 2.24) is 4.98 Å². The number of nitrogens with zero attached hydrogens (tertiary/aromatic N) is 1. The first-order chi connectivity index (χ1) is 8.38. The fourth-order valence-corrected chi connectivity index (χ4v) is 1.37. The Morgan fingerprint density at radius 1 is 1.22 bits per heavy atom. The smallest absolute Gasteiger partial charge is 0.416 e. The minimum atomic E-state index is -4.38. The molecule has 0 bridgehead atoms. The van der Waals surface area contributed by atoms with Gasteiger partial charge in [-0.2, -0.15) is 13.2 Å². The van der Waals surface area contributed by atoms with Gasteiger partial charge in [0.2, 0.25) is 5.89 Å². The first kappa shape index (κ1) is 12.3. The van der Waals surface area contributed by atoms with Gasteiger partial charge < -0.3 is 4.42 Å². The molecule has 0 aliphatic rings. The van der Waals surface area contributed by atoms with Crippen molar-refractivity contribution in [2.45, 2.75) is 13.1 Å². The van der Waals surface area contributed by atoms with Gasteiger partial charge in [-0.1, -0.05) is 0 Å². The number of hydrogen-bond acceptors (Lipinski definition) is 3. The zero-order valence-corrected chi connectivity index (χ0v) is 9.28. The molecule has 0 atom stereocenters. The molecule has 1 aromatic carbocycles. The molecular formula is C12H8F3NO2. The van der Waals surface area contributed by atoms with E-state index in [1.807, 2.05) is 0 Å². The molecule has 2 rings (SSSR count). The largest absolute Gasteiger partial charge is 0.444 e. The SMILES string of the molecule is CC(=O)c1coc(-c2ccc(C(F)(F)F)cc2)n1. The molecule has 2 aromatic rings. The number of alkyl halides is 3. The van der Waals surface area contributed by atoms with Crippen molar-refractivity contribution in [3.05, 3.63) is 41.8 Å². The summed E-state index contributed by atoms with van der Waals surface area (Å²) in [5, 5.41) is 0. The van der Waals surface area contributed by atoms with Crippen molar-refractivity contribution in [2.75, 3.05) is 0 Å². The fourth-order valence-electron chi connectivity index (χ4n) is 1.37. The second kappa shape index (κ2) is 4.29. The van der Waals surface area contributed by atoms with Gasteiger partial charge in [0.15, 0.2) is 5.78 Å². The maximum atomic E-state index is 12.3. The summed E-state index contributed by atoms with van der Waals surface area (Å²) in [6.45, 7) is 1.33. The lowest BCUT2D eigenvalue weighted by Gasteiger charge is -2.05. The third-order valence-electron chi connectivity index (χ3n) is 2.32. The van der Waals surface area contributed by atoms with Crippen LogP contribution in [-0.2, 0) is 6.18 Å². The zero-order chi connectivity index (χ0) is 13.3. The van der Waals surface area contributed by atoms with Crippen molar-refractivity contribution in [1.29, 1.82) is 0 Å². The predicted octanol–water partition coefficient (Wildman–Crippen LogP) is 3.56. The van der Waals surface area contributed by atoms with E-state index in [1.54, 1.807) is 0 Å². The standard InChI is InChI=1S/C12H8F3NO2/c1-7(17)10-6-18-11(16-10)8-2-4-9(5-3-8)12(13,14)15/h2-6H,1H3. The highest BCUT2D eigenvalue weighted by Crippen LogP contribution is 2.30. The van der Waals surface area contributed by atoms with Crippen LogP contribution in [0.15, 0.2) is 34.9 Å². The van der Waals surface area contributed by atoms with E-state index in [0.29, 0.717) is 5.56 Å². The number of carbonyl (C=O) groups is 1. The molecule has 0 fully saturated rings. The molecule has 0 radical (unpaired) electrons. The number of Topliss-reactive ketones (excluding diaryl/α,β-unsaturated/α-hetero) is 1. The van der Waals surface area contributed by atoms with E-state index >= 15 is 0 Å². The first-order valence-electron chi connectivity index (χ1n) is 5.02. The highest BCUT2D eigenvalue weighted by atomic mass is 19.4. The summed E-state index contributed by atoms with van der Waals surface area (Å²) in [4.78, 5) is 14.9. The van der Waals surface area contributed by atoms with Crippen LogP contribution in [-0.4, -0.2) is 10.8 Å². The van der Waals surface area contributed by atoms with E-state index in [4.69, 9.17) is 4.42 Å². The van der Waals surface area contributed by atoms with Crippen LogP contribution < -0.4 is 0 Å². The molecule has 1 heterocycles. The van der Waals surface area contributed by atoms with Crippen LogP contribution in [0.3, 0.4) is 0 Å². The Hall–Kier alpha value is -2.11. The number of hydrogen-bond donors (Lipinski definition) is 0. The van der Waals surface area contributed by atoms with Crippen molar-refractivity contribution in [3.63, 3.8) is 0 Å². The van der Waals surface area contributed by atoms with E-state index in [2.05, 4.69) is 4.98 Å². The fraction of sp³-hybridized carbons (Fsp3) is 0.167. The molecule has 0 saturated carbocycles. The van der Waals surface area contributed by atoms with Gasteiger partial charge in [-0.25, -0.2) is 4.98 Å². The molecule has 0 N–H and O–H groups in total. The predicted molar refractivity (Wildman–Crippen MR) is 56.9 cm³/mol. The Bertz CT molecular complexity index is 570. The second-order valence-corrected chi connectivity index (χ2v) is 3.67. The molecular weight excluding hydrogens is 247 g/mol. The maximum Gasteiger partial charge on any atom is 0.416 e. The molecule has 0 aliphatic heterocycles. The number of aromatic nitrogens is 1. The Balaban J connectivity index is 2.31. The minimum Gasteiger partial charge on any atom is -0.444 e. The molecule has 3 nitrogen and oxygen atoms in total. The van der Waals surface area contributed by atoms with E-state index in [9.17, 15) is 18.0 Å². The summed E-state index contributed by atoms with van der Waals surface area (Å²) in [5.74, 6) is -0.147. The lowest BCUT2D eigenvalue weighted by atomic mass is 10.1. The summed E-state index contributed by atoms with van der Waals surface area (Å²) in [5.41, 5.74) is -0.218. The zero-order valence-electron chi connectivity index (χ0n) is 9.28. The highest BCUT2D eigenvalue weighted by Gasteiger charge is 2.30. The van der Waals surface area contributed by atoms with Crippen LogP contribution in [0.25, 0.3) is 11.5 Å². The van der Waals surface area contributed by atoms with Gasteiger partial charge in [0, 0.05) is 12.5 Å². The minimum absolute atomic E-state index is 0.119. The Morgan fingerprint density at radius 3 is 2.28 bits per heavy atom. The Kier molecular flexibility index (Phi) is 2.94. The molecule has 94 valence electrons. The molecule has 0 spiro atoms. The highest BCUT2D eigenvalue weighted by molar-refractivity contribution is 5.92. The van der Waals surface area contributed by atoms with Crippen LogP contribution in [0.5, 0.6) is 0 Å². The monoisotopic (exact) mass is 255 g/mol. The number of oxazole rings is 1. The third-order valence-corrected chi connectivity index (χ3v) is 2.32. The van der Waals surface area contributed by atoms with Gasteiger partial charge in [-0.15, -0.1) is 0 Å². The summed E-state index contributed by atoms with van der Waals surface area (Å²) in [7, 11) is 0. The van der Waals surface area contributed by atoms with Crippen molar-refractivity contribution >= 4 is 5.78 Å². The number of halogens is 3. The van der Waals surface area contributed by atoms with Gasteiger partial charge in [-0.3, -0.25) is 4.79 Å². The van der Waals surface area contributed by atoms with Gasteiger partial charge in [0.25, 0.3) is 0 Å². The molecule has 0 unspecified atom stereocenters. The number of carbonyl (C=O) groups excluding carboxylic acids is 1. The first-order valence-corrected chi connectivity index (χ1v) is 5.02. The summed E-state index contributed by atoms with van der Waals surface area (Å²) < 4.78 is 42.1. The van der Waals surface area contributed by atoms with Crippen LogP contribution in [0.1, 0.15) is 23.0 Å². The van der Waals surface area contributed by atoms with Crippen molar-refractivity contribution in [3.8, 4) is 11.5 Å². The van der Waals surface area contributed by atoms with Crippen LogP contribution >= 0.6 is 0 Å². The molecule has 0 amide bonds. The van der Waals surface area contributed by atoms with Crippen LogP contribution in [0.2, 0.25) is 0 Å². The average molecular weight is 255 g/mol. The van der Waals surface area contributed by atoms with Gasteiger partial charge in [0.1, 0.15) is 12.0 Å². The topological polar surface area (TPSA) is 43.1 Å². The average Bonchev–Trinajstić information content (AvgIpc) is 2.77. The summed E-state index contributed by atoms with van der Waals surface area (Å²) in [6, 6.07) is 4.37. The summed E-state index contributed by atoms with van der Waals surface area (Å²) in [6.07, 6.45) is -3.20. The van der Waals surface area contributed by atoms with E-state index in [-0.39, 0.29) is 17.4 Å². The number of ketones is 1. The molecule has 6 heteroatoms. The number of rotatable bonds is 2. The van der Waals surface area contributed by atoms with Crippen molar-refractivity contribution < 1.29 is 22.4 Å². The lowest BCUT2D eigenvalue weighted by molar-refractivity contribution is -0.137. The Labute approximate surface area is 100 Å². The summed E-state index contributed by atoms with van der Waals surface area (Å²) >= 11 is 0. The maximum absolute atomic E-state index is 12.3. The molecule has 1 aromatic heterocycles. The molecule has 0 saturated heterocycles. The molecule has 0 aliphatic carbocycles. The third kappa shape index (κ3) is 2.42. The van der Waals surface area contributed by atoms with E-state index < -0.39 is 11.7 Å². The number of benzene rings is 1. The van der Waals surface area contributed by atoms with E-state index in [1.165, 1.54) is 25.3 Å². The van der Waals surface area contributed by atoms with E-state index in [0.717, 1.165) is 12.1 Å². The normalized spacial score (nSPS) is 11.6. The lowest BCUT2D eigenvalue weighted by Crippen LogP contribution is -2.04.